The molecule has 0 saturated carbocycles. The number of non-ortho nitro benzene ring substituents is 1. The molecule has 1 heterocycles. The summed E-state index contributed by atoms with van der Waals surface area (Å²) in [5.74, 6) is -3.23. The number of benzene rings is 1. The second kappa shape index (κ2) is 8.03. The Balaban J connectivity index is 1.82. The van der Waals surface area contributed by atoms with Gasteiger partial charge in [0.2, 0.25) is 5.91 Å². The highest BCUT2D eigenvalue weighted by Crippen LogP contribution is 2.28. The first-order valence-corrected chi connectivity index (χ1v) is 8.06. The number of β-lactam (4-membered cyclic amide) rings is 1. The van der Waals surface area contributed by atoms with E-state index < -0.39 is 53.1 Å². The molecule has 8 nitrogen and oxygen atoms in total. The molecule has 0 spiro atoms. The number of halogens is 1. The molecule has 0 radical (unpaired) electrons. The molecule has 1 fully saturated rings. The zero-order valence-electron chi connectivity index (χ0n) is 14.3. The zero-order chi connectivity index (χ0) is 19.4. The average molecular weight is 366 g/mol. The number of nitro groups is 1. The first kappa shape index (κ1) is 19.5. The van der Waals surface area contributed by atoms with Gasteiger partial charge in [-0.1, -0.05) is 6.92 Å². The first-order valence-electron chi connectivity index (χ1n) is 8.06. The van der Waals surface area contributed by atoms with E-state index in [1.807, 2.05) is 0 Å². The number of esters is 1. The van der Waals surface area contributed by atoms with E-state index in [2.05, 4.69) is 5.32 Å². The summed E-state index contributed by atoms with van der Waals surface area (Å²) < 4.78 is 18.4. The predicted molar refractivity (Wildman–Crippen MR) is 87.7 cm³/mol. The van der Waals surface area contributed by atoms with Crippen LogP contribution < -0.4 is 5.32 Å². The van der Waals surface area contributed by atoms with Crippen LogP contribution in [0.4, 0.5) is 10.1 Å². The van der Waals surface area contributed by atoms with E-state index in [0.29, 0.717) is 5.56 Å². The van der Waals surface area contributed by atoms with Crippen molar-refractivity contribution in [1.82, 2.24) is 5.32 Å². The summed E-state index contributed by atoms with van der Waals surface area (Å²) in [7, 11) is 0. The third kappa shape index (κ3) is 4.41. The molecular weight excluding hydrogens is 347 g/mol. The lowest BCUT2D eigenvalue weighted by Gasteiger charge is -2.40. The quantitative estimate of drug-likeness (QED) is 0.246. The van der Waals surface area contributed by atoms with Gasteiger partial charge in [0, 0.05) is 18.1 Å². The zero-order valence-corrected chi connectivity index (χ0v) is 14.3. The fourth-order valence-corrected chi connectivity index (χ4v) is 2.78. The van der Waals surface area contributed by atoms with Gasteiger partial charge in [0.05, 0.1) is 16.9 Å². The first-order chi connectivity index (χ1) is 12.2. The molecule has 9 heteroatoms. The van der Waals surface area contributed by atoms with Crippen LogP contribution >= 0.6 is 0 Å². The van der Waals surface area contributed by atoms with Gasteiger partial charge in [0.1, 0.15) is 25.0 Å². The molecule has 1 amide bonds. The number of alkyl halides is 1. The minimum absolute atomic E-state index is 0.0803. The van der Waals surface area contributed by atoms with E-state index in [1.165, 1.54) is 38.1 Å². The molecule has 26 heavy (non-hydrogen) atoms. The minimum atomic E-state index is -1.38. The van der Waals surface area contributed by atoms with E-state index in [1.54, 1.807) is 0 Å². The molecule has 0 aromatic heterocycles. The molecule has 2 rings (SSSR count). The lowest BCUT2D eigenvalue weighted by Crippen LogP contribution is -2.64. The average Bonchev–Trinajstić information content (AvgIpc) is 2.56. The lowest BCUT2D eigenvalue weighted by atomic mass is 9.77. The molecule has 4 atom stereocenters. The normalized spacial score (nSPS) is 21.1. The third-order valence-corrected chi connectivity index (χ3v) is 4.41. The van der Waals surface area contributed by atoms with Gasteiger partial charge in [-0.25, -0.2) is 4.39 Å². The van der Waals surface area contributed by atoms with Crippen LogP contribution in [0.1, 0.15) is 25.8 Å². The Hall–Kier alpha value is -2.84. The fraction of sp³-hybridized carbons (Fsp3) is 0.471. The van der Waals surface area contributed by atoms with Gasteiger partial charge in [0.15, 0.2) is 0 Å². The Bertz CT molecular complexity index is 718. The van der Waals surface area contributed by atoms with E-state index in [0.717, 1.165) is 0 Å². The highest BCUT2D eigenvalue weighted by atomic mass is 19.1. The second-order valence-electron chi connectivity index (χ2n) is 6.25. The molecular formula is C17H19FN2O6. The monoisotopic (exact) mass is 366 g/mol. The van der Waals surface area contributed by atoms with Crippen LogP contribution in [0.15, 0.2) is 24.3 Å². The summed E-state index contributed by atoms with van der Waals surface area (Å²) in [4.78, 5) is 45.3. The standard InChI is InChI=1S/C17H19FN2O6/c1-9(16-15(10(2)18)17(23)19-16)13(21)7-14(22)26-8-11-3-5-12(6-4-11)20(24)25/h3-6,9-10,15-16H,7-8H2,1-2H3,(H,19,23). The van der Waals surface area contributed by atoms with Crippen LogP contribution in [0.3, 0.4) is 0 Å². The van der Waals surface area contributed by atoms with E-state index in [9.17, 15) is 28.9 Å². The number of hydrogen-bond acceptors (Lipinski definition) is 6. The summed E-state index contributed by atoms with van der Waals surface area (Å²) >= 11 is 0. The van der Waals surface area contributed by atoms with Gasteiger partial charge in [-0.05, 0) is 24.6 Å². The molecule has 1 aromatic rings. The number of ether oxygens (including phenoxy) is 1. The molecule has 140 valence electrons. The summed E-state index contributed by atoms with van der Waals surface area (Å²) in [6, 6.07) is 4.85. The van der Waals surface area contributed by atoms with E-state index in [4.69, 9.17) is 4.74 Å². The number of Topliss-reactive ketones (excluding diaryl/α,β-unsaturated/α-hetero) is 1. The maximum absolute atomic E-state index is 13.4. The summed E-state index contributed by atoms with van der Waals surface area (Å²) in [6.45, 7) is 2.67. The van der Waals surface area contributed by atoms with Gasteiger partial charge in [0.25, 0.3) is 5.69 Å². The van der Waals surface area contributed by atoms with Crippen molar-refractivity contribution in [2.45, 2.75) is 39.1 Å². The summed E-state index contributed by atoms with van der Waals surface area (Å²) in [6.07, 6.45) is -1.87. The molecule has 1 aromatic carbocycles. The Morgan fingerprint density at radius 2 is 1.92 bits per heavy atom. The topological polar surface area (TPSA) is 116 Å². The van der Waals surface area contributed by atoms with Gasteiger partial charge >= 0.3 is 5.97 Å². The lowest BCUT2D eigenvalue weighted by molar-refractivity contribution is -0.384. The van der Waals surface area contributed by atoms with Crippen LogP contribution in [0.5, 0.6) is 0 Å². The molecule has 0 bridgehead atoms. The molecule has 1 aliphatic rings. The minimum Gasteiger partial charge on any atom is -0.460 e. The van der Waals surface area contributed by atoms with Crippen molar-refractivity contribution < 1.29 is 28.4 Å². The highest BCUT2D eigenvalue weighted by molar-refractivity contribution is 5.98. The van der Waals surface area contributed by atoms with Crippen molar-refractivity contribution in [3.8, 4) is 0 Å². The van der Waals surface area contributed by atoms with E-state index in [-0.39, 0.29) is 12.3 Å². The van der Waals surface area contributed by atoms with Crippen LogP contribution in [0.2, 0.25) is 0 Å². The number of ketones is 1. The number of nitrogens with one attached hydrogen (secondary N) is 1. The number of rotatable bonds is 8. The van der Waals surface area contributed by atoms with Gasteiger partial charge < -0.3 is 10.1 Å². The maximum atomic E-state index is 13.4. The van der Waals surface area contributed by atoms with Crippen molar-refractivity contribution in [2.24, 2.45) is 11.8 Å². The predicted octanol–water partition coefficient (Wildman–Crippen LogP) is 1.71. The van der Waals surface area contributed by atoms with Crippen LogP contribution in [0.25, 0.3) is 0 Å². The third-order valence-electron chi connectivity index (χ3n) is 4.41. The van der Waals surface area contributed by atoms with Crippen LogP contribution in [-0.4, -0.2) is 34.8 Å². The molecule has 0 aliphatic carbocycles. The molecule has 1 N–H and O–H groups in total. The SMILES string of the molecule is CC(F)C1C(=O)NC1C(C)C(=O)CC(=O)OCc1ccc([N+](=O)[O-])cc1. The second-order valence-corrected chi connectivity index (χ2v) is 6.25. The van der Waals surface area contributed by atoms with Crippen molar-refractivity contribution in [2.75, 3.05) is 0 Å². The number of nitrogens with zero attached hydrogens (tertiary/aromatic N) is 1. The van der Waals surface area contributed by atoms with Crippen LogP contribution in [0, 0.1) is 22.0 Å². The number of nitro benzene ring substituents is 1. The van der Waals surface area contributed by atoms with Crippen molar-refractivity contribution in [3.05, 3.63) is 39.9 Å². The Kier molecular flexibility index (Phi) is 6.01. The van der Waals surface area contributed by atoms with Crippen molar-refractivity contribution in [3.63, 3.8) is 0 Å². The largest absolute Gasteiger partial charge is 0.460 e. The molecule has 1 aliphatic heterocycles. The Labute approximate surface area is 148 Å². The Morgan fingerprint density at radius 3 is 2.42 bits per heavy atom. The molecule has 4 unspecified atom stereocenters. The number of carbonyl (C=O) groups is 3. The fourth-order valence-electron chi connectivity index (χ4n) is 2.78. The smallest absolute Gasteiger partial charge is 0.313 e. The van der Waals surface area contributed by atoms with Gasteiger partial charge in [-0.15, -0.1) is 0 Å². The maximum Gasteiger partial charge on any atom is 0.313 e. The van der Waals surface area contributed by atoms with Crippen LogP contribution in [-0.2, 0) is 25.7 Å². The number of carbonyl (C=O) groups excluding carboxylic acids is 3. The number of hydrogen-bond donors (Lipinski definition) is 1. The van der Waals surface area contributed by atoms with Crippen molar-refractivity contribution in [1.29, 1.82) is 0 Å². The Morgan fingerprint density at radius 1 is 1.31 bits per heavy atom. The van der Waals surface area contributed by atoms with E-state index >= 15 is 0 Å². The van der Waals surface area contributed by atoms with Gasteiger partial charge in [-0.3, -0.25) is 24.5 Å². The number of amides is 1. The van der Waals surface area contributed by atoms with Gasteiger partial charge in [-0.2, -0.15) is 0 Å². The molecule has 1 saturated heterocycles. The summed E-state index contributed by atoms with van der Waals surface area (Å²) in [5, 5.41) is 13.1. The highest BCUT2D eigenvalue weighted by Gasteiger charge is 2.47. The summed E-state index contributed by atoms with van der Waals surface area (Å²) in [5.41, 5.74) is 0.463. The van der Waals surface area contributed by atoms with Crippen molar-refractivity contribution >= 4 is 23.3 Å².